The number of benzene rings is 4. The molecular weight excluding hydrogens is 783 g/mol. The third-order valence-corrected chi connectivity index (χ3v) is 6.13. The van der Waals surface area contributed by atoms with Gasteiger partial charge in [-0.15, -0.1) is 6.58 Å². The average Bonchev–Trinajstić information content (AvgIpc) is 3.20. The Bertz CT molecular complexity index is 1670. The van der Waals surface area contributed by atoms with Crippen LogP contribution >= 0.6 is 22.6 Å². The number of esters is 1. The summed E-state index contributed by atoms with van der Waals surface area (Å²) in [5, 5.41) is 27.8. The Morgan fingerprint density at radius 2 is 0.885 bits per heavy atom. The van der Waals surface area contributed by atoms with Crippen LogP contribution in [0.3, 0.4) is 0 Å². The minimum absolute atomic E-state index is 0.114. The molecule has 0 fully saturated rings. The molecule has 0 aliphatic rings. The van der Waals surface area contributed by atoms with Gasteiger partial charge in [0.2, 0.25) is 0 Å². The summed E-state index contributed by atoms with van der Waals surface area (Å²) in [6.07, 6.45) is 2.96. The van der Waals surface area contributed by atoms with E-state index in [1.807, 2.05) is 11.0 Å². The Hall–Kier alpha value is -4.82. The standard InChI is InChI=1S/C16H18O4.C14H14O4.C4H8.C3H6O2.C2H6O.CH3I/c1-17-13-9-5-7-11(15(13)19-3)12-8-6-10-14(18-2)16(12)20-4;1-17-11-7-3-5-9(13(11)15)10-6-4-8-12(18-2)14(10)16;1-3-4-2;1-3(4)5-2;1-2-3;1-2/h5-10H,1-4H3;3-8,15-16H,1-2H3;3H,1,4H2,2H3;1-2H3;3H,2H2,1H3;1H3/i5T,6T;3T,4T;;;;. The molecule has 0 atom stereocenters. The van der Waals surface area contributed by atoms with Gasteiger partial charge in [0.05, 0.1) is 55.3 Å². The van der Waals surface area contributed by atoms with Crippen LogP contribution in [0.25, 0.3) is 22.3 Å². The van der Waals surface area contributed by atoms with Crippen LogP contribution in [0.1, 0.15) is 32.7 Å². The van der Waals surface area contributed by atoms with Crippen LogP contribution in [-0.4, -0.2) is 82.6 Å². The zero-order chi connectivity index (χ0) is 43.5. The van der Waals surface area contributed by atoms with Crippen LogP contribution in [0.15, 0.2) is 85.4 Å². The highest BCUT2D eigenvalue weighted by Gasteiger charge is 2.18. The van der Waals surface area contributed by atoms with Crippen molar-refractivity contribution in [1.82, 2.24) is 0 Å². The average molecular weight is 847 g/mol. The Balaban J connectivity index is 0. The summed E-state index contributed by atoms with van der Waals surface area (Å²) in [5.41, 5.74) is 1.63. The van der Waals surface area contributed by atoms with Crippen molar-refractivity contribution in [2.75, 3.05) is 61.3 Å². The van der Waals surface area contributed by atoms with Crippen molar-refractivity contribution in [1.29, 1.82) is 0 Å². The highest BCUT2D eigenvalue weighted by atomic mass is 127. The summed E-state index contributed by atoms with van der Waals surface area (Å²) < 4.78 is 66.7. The number of aliphatic hydroxyl groups is 1. The Labute approximate surface area is 328 Å². The maximum absolute atomic E-state index is 10.1. The number of alkyl halides is 1. The molecule has 0 amide bonds. The fraction of sp³-hybridized carbons (Fsp3) is 0.325. The van der Waals surface area contributed by atoms with Gasteiger partial charge in [-0.05, 0) is 42.5 Å². The number of carbonyl (C=O) groups is 1. The van der Waals surface area contributed by atoms with Gasteiger partial charge in [-0.1, -0.05) is 84.0 Å². The van der Waals surface area contributed by atoms with Gasteiger partial charge in [0.25, 0.3) is 0 Å². The topological polar surface area (TPSA) is 142 Å². The number of rotatable bonds is 9. The van der Waals surface area contributed by atoms with Crippen molar-refractivity contribution in [3.63, 3.8) is 0 Å². The first-order valence-corrected chi connectivity index (χ1v) is 17.6. The minimum atomic E-state index is -0.245. The molecule has 4 aromatic carbocycles. The number of halogens is 1. The van der Waals surface area contributed by atoms with E-state index in [2.05, 4.69) is 40.8 Å². The molecule has 0 saturated heterocycles. The van der Waals surface area contributed by atoms with E-state index >= 15 is 0 Å². The number of hydrogen-bond donors (Lipinski definition) is 3. The van der Waals surface area contributed by atoms with E-state index in [9.17, 15) is 15.0 Å². The summed E-state index contributed by atoms with van der Waals surface area (Å²) in [4.78, 5) is 11.6. The molecule has 0 aliphatic carbocycles. The highest BCUT2D eigenvalue weighted by molar-refractivity contribution is 14.1. The maximum atomic E-state index is 10.1. The van der Waals surface area contributed by atoms with Crippen LogP contribution in [0, 0.1) is 0 Å². The Morgan fingerprint density at radius 1 is 0.635 bits per heavy atom. The molecule has 4 rings (SSSR count). The number of aromatic hydroxyl groups is 2. The van der Waals surface area contributed by atoms with Crippen LogP contribution in [0.5, 0.6) is 46.0 Å². The van der Waals surface area contributed by atoms with Crippen LogP contribution in [0.2, 0.25) is 0 Å². The molecule has 0 heterocycles. The first-order chi connectivity index (χ1) is 26.6. The summed E-state index contributed by atoms with van der Waals surface area (Å²) in [6, 6.07) is 12.6. The van der Waals surface area contributed by atoms with Crippen LogP contribution in [0.4, 0.5) is 0 Å². The summed E-state index contributed by atoms with van der Waals surface area (Å²) in [7, 11) is 10.2. The number of ether oxygens (including phenoxy) is 7. The molecule has 0 bridgehead atoms. The molecule has 52 heavy (non-hydrogen) atoms. The van der Waals surface area contributed by atoms with Crippen LogP contribution in [-0.2, 0) is 9.53 Å². The second-order valence-electron chi connectivity index (χ2n) is 9.22. The number of allylic oxidation sites excluding steroid dienone is 1. The largest absolute Gasteiger partial charge is 0.504 e. The zero-order valence-corrected chi connectivity index (χ0v) is 34.0. The van der Waals surface area contributed by atoms with Crippen molar-refractivity contribution in [2.24, 2.45) is 0 Å². The molecule has 0 radical (unpaired) electrons. The van der Waals surface area contributed by atoms with Crippen molar-refractivity contribution >= 4 is 28.6 Å². The zero-order valence-electron chi connectivity index (χ0n) is 35.8. The van der Waals surface area contributed by atoms with Gasteiger partial charge < -0.3 is 48.5 Å². The number of phenols is 2. The minimum Gasteiger partial charge on any atom is -0.504 e. The van der Waals surface area contributed by atoms with E-state index in [1.54, 1.807) is 31.2 Å². The smallest absolute Gasteiger partial charge is 0.302 e. The second kappa shape index (κ2) is 29.9. The third kappa shape index (κ3) is 16.0. The molecule has 3 N–H and O–H groups in total. The van der Waals surface area contributed by atoms with E-state index in [4.69, 9.17) is 39.0 Å². The molecule has 0 aromatic heterocycles. The Morgan fingerprint density at radius 3 is 1.10 bits per heavy atom. The molecule has 0 unspecified atom stereocenters. The molecule has 0 aliphatic heterocycles. The van der Waals surface area contributed by atoms with E-state index in [0.717, 1.165) is 6.42 Å². The first kappa shape index (κ1) is 41.6. The highest BCUT2D eigenvalue weighted by Crippen LogP contribution is 2.45. The number of para-hydroxylation sites is 4. The van der Waals surface area contributed by atoms with Gasteiger partial charge in [-0.3, -0.25) is 4.79 Å². The van der Waals surface area contributed by atoms with Crippen molar-refractivity contribution in [3.8, 4) is 68.2 Å². The van der Waals surface area contributed by atoms with E-state index in [-0.39, 0.29) is 70.9 Å². The lowest BCUT2D eigenvalue weighted by Crippen LogP contribution is -1.96. The molecular formula is C40H55IO11. The van der Waals surface area contributed by atoms with Crippen molar-refractivity contribution in [3.05, 3.63) is 85.4 Å². The molecule has 4 aromatic rings. The van der Waals surface area contributed by atoms with Gasteiger partial charge >= 0.3 is 5.97 Å². The maximum Gasteiger partial charge on any atom is 0.302 e. The molecule has 12 heteroatoms. The second-order valence-corrected chi connectivity index (χ2v) is 9.22. The van der Waals surface area contributed by atoms with E-state index < -0.39 is 0 Å². The summed E-state index contributed by atoms with van der Waals surface area (Å²) >= 11 is 2.15. The van der Waals surface area contributed by atoms with Gasteiger partial charge in [0.1, 0.15) is 0 Å². The van der Waals surface area contributed by atoms with Crippen LogP contribution < -0.4 is 28.4 Å². The molecule has 0 spiro atoms. The summed E-state index contributed by atoms with van der Waals surface area (Å²) in [5.74, 6) is 1.45. The predicted octanol–water partition coefficient (Wildman–Crippen LogP) is 8.98. The number of hydrogen-bond acceptors (Lipinski definition) is 11. The van der Waals surface area contributed by atoms with Crippen molar-refractivity contribution in [2.45, 2.75) is 27.2 Å². The number of phenolic OH excluding ortho intramolecular Hbond substituents is 2. The summed E-state index contributed by atoms with van der Waals surface area (Å²) in [6.45, 7) is 8.83. The van der Waals surface area contributed by atoms with E-state index in [1.165, 1.54) is 81.0 Å². The number of carbonyl (C=O) groups excluding carboxylic acids is 1. The third-order valence-electron chi connectivity index (χ3n) is 6.13. The Kier molecular flexibility index (Phi) is 23.9. The molecule has 11 nitrogen and oxygen atoms in total. The monoisotopic (exact) mass is 846 g/mol. The molecule has 288 valence electrons. The quantitative estimate of drug-likeness (QED) is 0.0643. The first-order valence-electron chi connectivity index (χ1n) is 17.5. The fourth-order valence-electron chi connectivity index (χ4n) is 3.72. The van der Waals surface area contributed by atoms with Gasteiger partial charge in [-0.2, -0.15) is 0 Å². The van der Waals surface area contributed by atoms with Crippen molar-refractivity contribution < 1.29 is 58.8 Å². The van der Waals surface area contributed by atoms with Gasteiger partial charge in [0, 0.05) is 35.8 Å². The van der Waals surface area contributed by atoms with Gasteiger partial charge in [-0.25, -0.2) is 0 Å². The number of methoxy groups -OCH3 is 7. The lowest BCUT2D eigenvalue weighted by atomic mass is 10.0. The normalized spacial score (nSPS) is 10.0. The fourth-order valence-corrected chi connectivity index (χ4v) is 3.72. The SMILES string of the molecule is C=CCC.CCO.CI.COC(C)=O.[3H]c1cc(OC)c(O)c(-c2cc([3H])cc(OC)c2O)c1.[3H]c1cc(OC)c(OC)c(-c2cc([3H])cc(OC)c2OC)c1. The lowest BCUT2D eigenvalue weighted by Gasteiger charge is -2.16. The number of aliphatic hydroxyl groups excluding tert-OH is 1. The van der Waals surface area contributed by atoms with E-state index in [0.29, 0.717) is 34.1 Å². The lowest BCUT2D eigenvalue weighted by molar-refractivity contribution is -0.137. The predicted molar refractivity (Wildman–Crippen MR) is 217 cm³/mol. The molecule has 0 saturated carbocycles. The van der Waals surface area contributed by atoms with Gasteiger partial charge in [0.15, 0.2) is 46.0 Å².